The van der Waals surface area contributed by atoms with Crippen molar-refractivity contribution in [3.8, 4) is 5.69 Å². The monoisotopic (exact) mass is 442 g/mol. The molecule has 3 fully saturated rings. The molecule has 166 valence electrons. The zero-order valence-corrected chi connectivity index (χ0v) is 18.7. The number of ether oxygens (including phenoxy) is 1. The molecule has 7 heteroatoms. The van der Waals surface area contributed by atoms with Crippen LogP contribution in [0.4, 0.5) is 0 Å². The van der Waals surface area contributed by atoms with Gasteiger partial charge in [-0.25, -0.2) is 4.68 Å². The summed E-state index contributed by atoms with van der Waals surface area (Å²) in [6, 6.07) is 10.3. The first-order chi connectivity index (χ1) is 14.7. The fourth-order valence-electron chi connectivity index (χ4n) is 6.11. The van der Waals surface area contributed by atoms with E-state index in [0.29, 0.717) is 11.8 Å². The van der Waals surface area contributed by atoms with Crippen molar-refractivity contribution < 1.29 is 9.53 Å². The molecule has 4 aliphatic rings. The lowest BCUT2D eigenvalue weighted by Gasteiger charge is -2.50. The van der Waals surface area contributed by atoms with Crippen molar-refractivity contribution in [3.05, 3.63) is 47.8 Å². The van der Waals surface area contributed by atoms with E-state index < -0.39 is 0 Å². The number of carbonyl (C=O) groups excluding carboxylic acids is 1. The van der Waals surface area contributed by atoms with Crippen molar-refractivity contribution in [3.63, 3.8) is 0 Å². The summed E-state index contributed by atoms with van der Waals surface area (Å²) < 4.78 is 8.36. The molecule has 4 heterocycles. The number of carbonyl (C=O) groups is 1. The quantitative estimate of drug-likeness (QED) is 0.776. The Labute approximate surface area is 189 Å². The lowest BCUT2D eigenvalue weighted by molar-refractivity contribution is -0.154. The Bertz CT molecular complexity index is 938. The first-order valence-corrected chi connectivity index (χ1v) is 11.5. The molecule has 1 N–H and O–H groups in total. The molecule has 6 rings (SSSR count). The molecule has 3 atom stereocenters. The number of fused-ring (bicyclic) bond motifs is 3. The number of nitrogens with one attached hydrogen (secondary N) is 1. The maximum atomic E-state index is 13.2. The van der Waals surface area contributed by atoms with Crippen molar-refractivity contribution in [2.24, 2.45) is 17.8 Å². The molecule has 1 aromatic heterocycles. The van der Waals surface area contributed by atoms with Gasteiger partial charge in [-0.3, -0.25) is 4.79 Å². The highest BCUT2D eigenvalue weighted by molar-refractivity contribution is 5.85. The summed E-state index contributed by atoms with van der Waals surface area (Å²) >= 11 is 0. The molecule has 0 radical (unpaired) electrons. The van der Waals surface area contributed by atoms with E-state index in [1.807, 2.05) is 22.9 Å². The molecule has 0 bridgehead atoms. The molecular formula is C24H31ClN4O2. The van der Waals surface area contributed by atoms with E-state index in [1.165, 1.54) is 12.0 Å². The van der Waals surface area contributed by atoms with Crippen molar-refractivity contribution >= 4 is 18.3 Å². The van der Waals surface area contributed by atoms with Crippen LogP contribution in [0, 0.1) is 17.8 Å². The minimum absolute atomic E-state index is 0. The van der Waals surface area contributed by atoms with Gasteiger partial charge < -0.3 is 15.0 Å². The van der Waals surface area contributed by atoms with Crippen LogP contribution in [-0.4, -0.2) is 53.4 Å². The summed E-state index contributed by atoms with van der Waals surface area (Å²) in [5.74, 6) is 1.93. The number of aromatic nitrogens is 2. The van der Waals surface area contributed by atoms with Crippen LogP contribution in [0.15, 0.2) is 36.5 Å². The maximum Gasteiger partial charge on any atom is 0.226 e. The zero-order valence-electron chi connectivity index (χ0n) is 17.8. The Hall–Kier alpha value is -1.89. The topological polar surface area (TPSA) is 59.4 Å². The molecule has 1 spiro atoms. The predicted molar refractivity (Wildman–Crippen MR) is 121 cm³/mol. The van der Waals surface area contributed by atoms with Gasteiger partial charge in [0.05, 0.1) is 18.0 Å². The molecule has 31 heavy (non-hydrogen) atoms. The van der Waals surface area contributed by atoms with Crippen LogP contribution in [-0.2, 0) is 21.6 Å². The average molecular weight is 443 g/mol. The summed E-state index contributed by atoms with van der Waals surface area (Å²) in [6.07, 6.45) is 7.09. The van der Waals surface area contributed by atoms with Crippen molar-refractivity contribution in [2.75, 3.05) is 32.8 Å². The molecule has 1 aliphatic carbocycles. The third-order valence-corrected chi connectivity index (χ3v) is 7.94. The molecule has 3 aliphatic heterocycles. The van der Waals surface area contributed by atoms with Crippen LogP contribution in [0.1, 0.15) is 36.9 Å². The van der Waals surface area contributed by atoms with E-state index in [4.69, 9.17) is 9.84 Å². The largest absolute Gasteiger partial charge is 0.368 e. The van der Waals surface area contributed by atoms with E-state index in [0.717, 1.165) is 75.8 Å². The van der Waals surface area contributed by atoms with Crippen LogP contribution in [0.5, 0.6) is 0 Å². The first kappa shape index (κ1) is 21.0. The minimum Gasteiger partial charge on any atom is -0.368 e. The number of benzene rings is 1. The summed E-state index contributed by atoms with van der Waals surface area (Å²) in [5, 5.41) is 8.44. The van der Waals surface area contributed by atoms with Gasteiger partial charge in [0, 0.05) is 25.2 Å². The van der Waals surface area contributed by atoms with Crippen LogP contribution in [0.25, 0.3) is 5.69 Å². The molecular weight excluding hydrogens is 412 g/mol. The normalized spacial score (nSPS) is 28.8. The molecule has 1 aromatic carbocycles. The third kappa shape index (κ3) is 3.49. The average Bonchev–Trinajstić information content (AvgIpc) is 3.22. The lowest BCUT2D eigenvalue weighted by atomic mass is 9.61. The maximum absolute atomic E-state index is 13.2. The summed E-state index contributed by atoms with van der Waals surface area (Å²) in [5.41, 5.74) is 3.12. The minimum atomic E-state index is -0.334. The van der Waals surface area contributed by atoms with Gasteiger partial charge in [-0.05, 0) is 74.7 Å². The van der Waals surface area contributed by atoms with Gasteiger partial charge >= 0.3 is 0 Å². The van der Waals surface area contributed by atoms with E-state index in [1.54, 1.807) is 0 Å². The second-order valence-corrected chi connectivity index (χ2v) is 9.46. The number of hydrogen-bond acceptors (Lipinski definition) is 4. The second kappa shape index (κ2) is 8.23. The Kier molecular flexibility index (Phi) is 5.57. The highest BCUT2D eigenvalue weighted by Crippen LogP contribution is 2.46. The van der Waals surface area contributed by atoms with Crippen LogP contribution in [0.3, 0.4) is 0 Å². The van der Waals surface area contributed by atoms with E-state index in [9.17, 15) is 4.79 Å². The third-order valence-electron chi connectivity index (χ3n) is 7.94. The van der Waals surface area contributed by atoms with Gasteiger partial charge in [-0.15, -0.1) is 12.4 Å². The Morgan fingerprint density at radius 3 is 2.77 bits per heavy atom. The standard InChI is InChI=1S/C24H30N4O2.ClH/c29-23(20-14-17-6-10-25-15-21(17)20)27-11-8-24(9-12-27)22-18(7-13-30-24)16-28(26-22)19-4-2-1-3-5-19;/h1-5,16-17,20-21,25H,6-15H2;1H/t17-,20-,21-;/m1./s1. The van der Waals surface area contributed by atoms with E-state index in [-0.39, 0.29) is 23.9 Å². The molecule has 2 aromatic rings. The Balaban J connectivity index is 0.00000204. The van der Waals surface area contributed by atoms with E-state index >= 15 is 0 Å². The number of likely N-dealkylation sites (tertiary alicyclic amines) is 1. The number of halogens is 1. The van der Waals surface area contributed by atoms with E-state index in [2.05, 4.69) is 28.5 Å². The van der Waals surface area contributed by atoms with Crippen molar-refractivity contribution in [2.45, 2.75) is 37.7 Å². The molecule has 1 amide bonds. The number of rotatable bonds is 2. The second-order valence-electron chi connectivity index (χ2n) is 9.46. The summed E-state index contributed by atoms with van der Waals surface area (Å²) in [6.45, 7) is 4.42. The predicted octanol–water partition coefficient (Wildman–Crippen LogP) is 2.93. The number of nitrogens with zero attached hydrogens (tertiary/aromatic N) is 3. The smallest absolute Gasteiger partial charge is 0.226 e. The summed E-state index contributed by atoms with van der Waals surface area (Å²) in [4.78, 5) is 15.3. The first-order valence-electron chi connectivity index (χ1n) is 11.5. The Morgan fingerprint density at radius 1 is 1.19 bits per heavy atom. The highest BCUT2D eigenvalue weighted by atomic mass is 35.5. The van der Waals surface area contributed by atoms with Gasteiger partial charge in [0.25, 0.3) is 0 Å². The van der Waals surface area contributed by atoms with Crippen molar-refractivity contribution in [1.29, 1.82) is 0 Å². The fraction of sp³-hybridized carbons (Fsp3) is 0.583. The SMILES string of the molecule is Cl.O=C([C@@H]1C[C@H]2CCNC[C@H]21)N1CCC2(CC1)OCCc1cn(-c3ccccc3)nc12. The van der Waals surface area contributed by atoms with Gasteiger partial charge in [0.1, 0.15) is 5.60 Å². The van der Waals surface area contributed by atoms with Crippen LogP contribution < -0.4 is 5.32 Å². The van der Waals surface area contributed by atoms with Crippen LogP contribution >= 0.6 is 12.4 Å². The van der Waals surface area contributed by atoms with Crippen molar-refractivity contribution in [1.82, 2.24) is 20.0 Å². The molecule has 1 saturated carbocycles. The Morgan fingerprint density at radius 2 is 2.00 bits per heavy atom. The molecule has 0 unspecified atom stereocenters. The number of para-hydroxylation sites is 1. The van der Waals surface area contributed by atoms with Crippen LogP contribution in [0.2, 0.25) is 0 Å². The van der Waals surface area contributed by atoms with Gasteiger partial charge in [0.15, 0.2) is 0 Å². The number of amides is 1. The highest BCUT2D eigenvalue weighted by Gasteiger charge is 2.49. The summed E-state index contributed by atoms with van der Waals surface area (Å²) in [7, 11) is 0. The molecule has 2 saturated heterocycles. The molecule has 6 nitrogen and oxygen atoms in total. The van der Waals surface area contributed by atoms with Gasteiger partial charge in [0.2, 0.25) is 5.91 Å². The van der Waals surface area contributed by atoms with Gasteiger partial charge in [-0.1, -0.05) is 18.2 Å². The lowest BCUT2D eigenvalue weighted by Crippen LogP contribution is -2.57. The number of piperidine rings is 2. The number of hydrogen-bond donors (Lipinski definition) is 1. The zero-order chi connectivity index (χ0) is 20.1. The fourth-order valence-corrected chi connectivity index (χ4v) is 6.11. The van der Waals surface area contributed by atoms with Gasteiger partial charge in [-0.2, -0.15) is 5.10 Å².